The van der Waals surface area contributed by atoms with Gasteiger partial charge in [0.25, 0.3) is 11.8 Å². The van der Waals surface area contributed by atoms with Crippen LogP contribution in [0.4, 0.5) is 5.69 Å². The number of piperidine rings is 1. The van der Waals surface area contributed by atoms with Crippen molar-refractivity contribution in [2.75, 3.05) is 18.4 Å². The number of nitrogens with two attached hydrogens (primary N) is 1. The Kier molecular flexibility index (Phi) is 12.8. The van der Waals surface area contributed by atoms with E-state index < -0.39 is 0 Å². The number of rotatable bonds is 11. The van der Waals surface area contributed by atoms with Gasteiger partial charge in [0.1, 0.15) is 11.5 Å². The Morgan fingerprint density at radius 1 is 0.878 bits per heavy atom. The summed E-state index contributed by atoms with van der Waals surface area (Å²) >= 11 is 0. The Morgan fingerprint density at radius 3 is 2.08 bits per heavy atom. The molecule has 0 spiro atoms. The van der Waals surface area contributed by atoms with Gasteiger partial charge in [-0.05, 0) is 98.3 Å². The van der Waals surface area contributed by atoms with Crippen molar-refractivity contribution in [1.29, 1.82) is 0 Å². The molecule has 2 aromatic carbocycles. The zero-order valence-corrected chi connectivity index (χ0v) is 28.8. The summed E-state index contributed by atoms with van der Waals surface area (Å²) in [4.78, 5) is 24.9. The molecule has 7 rings (SSSR count). The van der Waals surface area contributed by atoms with Crippen LogP contribution >= 0.6 is 0 Å². The van der Waals surface area contributed by atoms with Crippen molar-refractivity contribution in [3.8, 4) is 0 Å². The summed E-state index contributed by atoms with van der Waals surface area (Å²) in [6.45, 7) is 8.47. The van der Waals surface area contributed by atoms with Gasteiger partial charge in [0.15, 0.2) is 11.4 Å². The first-order valence-corrected chi connectivity index (χ1v) is 17.7. The second-order valence-corrected chi connectivity index (χ2v) is 12.7. The summed E-state index contributed by atoms with van der Waals surface area (Å²) < 4.78 is 10.5. The van der Waals surface area contributed by atoms with Gasteiger partial charge in [-0.2, -0.15) is 0 Å². The molecule has 4 aromatic rings. The first-order chi connectivity index (χ1) is 23.9. The lowest BCUT2D eigenvalue weighted by Gasteiger charge is -2.31. The molecule has 11 heteroatoms. The number of aryl methyl sites for hydroxylation is 1. The second kappa shape index (κ2) is 17.4. The van der Waals surface area contributed by atoms with E-state index in [4.69, 9.17) is 14.8 Å². The molecule has 262 valence electrons. The molecule has 3 fully saturated rings. The van der Waals surface area contributed by atoms with Crippen LogP contribution in [0.15, 0.2) is 63.6 Å². The van der Waals surface area contributed by atoms with Crippen LogP contribution in [0.25, 0.3) is 0 Å². The Morgan fingerprint density at radius 2 is 1.51 bits per heavy atom. The van der Waals surface area contributed by atoms with E-state index in [1.165, 1.54) is 0 Å². The largest absolute Gasteiger partial charge is 0.392 e. The number of amides is 2. The average molecular weight is 671 g/mol. The third-order valence-electron chi connectivity index (χ3n) is 9.18. The molecule has 1 atom stereocenters. The Balaban J connectivity index is 0.000000186. The highest BCUT2D eigenvalue weighted by Gasteiger charge is 2.31. The quantitative estimate of drug-likeness (QED) is 0.122. The Hall–Kier alpha value is -4.32. The third-order valence-corrected chi connectivity index (χ3v) is 9.18. The topological polar surface area (TPSA) is 169 Å². The maximum atomic E-state index is 12.8. The van der Waals surface area contributed by atoms with E-state index in [1.54, 1.807) is 12.1 Å². The van der Waals surface area contributed by atoms with Crippen LogP contribution in [0.2, 0.25) is 0 Å². The van der Waals surface area contributed by atoms with Gasteiger partial charge in [0, 0.05) is 36.2 Å². The van der Waals surface area contributed by atoms with E-state index in [2.05, 4.69) is 33.2 Å². The molecule has 3 aliphatic rings. The van der Waals surface area contributed by atoms with Crippen molar-refractivity contribution in [3.05, 3.63) is 99.8 Å². The van der Waals surface area contributed by atoms with E-state index >= 15 is 0 Å². The molecule has 3 heterocycles. The van der Waals surface area contributed by atoms with E-state index in [-0.39, 0.29) is 24.5 Å². The first kappa shape index (κ1) is 36.0. The molecule has 1 unspecified atom stereocenters. The predicted molar refractivity (Wildman–Crippen MR) is 188 cm³/mol. The lowest BCUT2D eigenvalue weighted by Crippen LogP contribution is -2.39. The molecule has 1 aliphatic heterocycles. The van der Waals surface area contributed by atoms with Gasteiger partial charge in [-0.3, -0.25) is 9.59 Å². The van der Waals surface area contributed by atoms with Crippen LogP contribution < -0.4 is 21.7 Å². The van der Waals surface area contributed by atoms with Gasteiger partial charge in [-0.1, -0.05) is 61.4 Å². The zero-order chi connectivity index (χ0) is 34.8. The highest BCUT2D eigenvalue weighted by Crippen LogP contribution is 2.41. The predicted octanol–water partition coefficient (Wildman–Crippen LogP) is 6.37. The van der Waals surface area contributed by atoms with Gasteiger partial charge in [0.05, 0.1) is 12.6 Å². The number of aliphatic hydroxyl groups excluding tert-OH is 1. The smallest absolute Gasteiger partial charge is 0.277 e. The number of nitrogens with one attached hydrogen (secondary N) is 3. The fourth-order valence-corrected chi connectivity index (χ4v) is 6.09. The minimum Gasteiger partial charge on any atom is -0.392 e. The lowest BCUT2D eigenvalue weighted by molar-refractivity contribution is 0.0904. The molecule has 6 N–H and O–H groups in total. The van der Waals surface area contributed by atoms with Gasteiger partial charge in [-0.15, -0.1) is 0 Å². The van der Waals surface area contributed by atoms with Crippen LogP contribution in [0.3, 0.4) is 0 Å². The van der Waals surface area contributed by atoms with Crippen molar-refractivity contribution in [2.45, 2.75) is 96.7 Å². The van der Waals surface area contributed by atoms with Gasteiger partial charge in [-0.25, -0.2) is 0 Å². The van der Waals surface area contributed by atoms with Crippen molar-refractivity contribution in [3.63, 3.8) is 0 Å². The summed E-state index contributed by atoms with van der Waals surface area (Å²) in [5.74, 6) is 2.43. The van der Waals surface area contributed by atoms with Crippen LogP contribution in [0, 0.1) is 5.92 Å². The van der Waals surface area contributed by atoms with Crippen LogP contribution in [0.1, 0.15) is 132 Å². The highest BCUT2D eigenvalue weighted by molar-refractivity contribution is 6.02. The number of carbonyl (C=O) groups is 2. The number of aromatic nitrogens is 2. The number of aliphatic hydroxyl groups is 1. The standard InChI is InChI=1S/C20H25N3O3.C16H19N3O2.C2H6/c24-12-13-2-1-3-16(10-13)19(15-6-8-21-9-7-15)22-20(25)17-11-18(26-23-17)14-4-5-14;1-2-10-7-13(6-5-12(10)9-17)18-16(20)14-8-15(21-19-14)11-3-4-11;1-2/h1-3,10-11,14-15,19,21,24H,4-9,12H2,(H,22,25);5-8,11H,2-4,9,17H2,1H3,(H,18,20);1-2H3. The normalized spacial score (nSPS) is 16.4. The molecule has 0 bridgehead atoms. The highest BCUT2D eigenvalue weighted by atomic mass is 16.5. The van der Waals surface area contributed by atoms with E-state index in [1.807, 2.05) is 56.3 Å². The number of carbonyl (C=O) groups excluding carboxylic acids is 2. The molecule has 2 aromatic heterocycles. The maximum Gasteiger partial charge on any atom is 0.277 e. The van der Waals surface area contributed by atoms with E-state index in [9.17, 15) is 14.7 Å². The monoisotopic (exact) mass is 670 g/mol. The fraction of sp³-hybridized carbons (Fsp3) is 0.474. The molecule has 0 radical (unpaired) electrons. The summed E-state index contributed by atoms with van der Waals surface area (Å²) in [5.41, 5.74) is 11.3. The summed E-state index contributed by atoms with van der Waals surface area (Å²) in [5, 5.41) is 26.7. The molecule has 2 aliphatic carbocycles. The molecular weight excluding hydrogens is 620 g/mol. The summed E-state index contributed by atoms with van der Waals surface area (Å²) in [6.07, 6.45) is 7.35. The SMILES string of the molecule is CC.CCc1cc(NC(=O)c2cc(C3CC3)on2)ccc1CN.O=C(NC(c1cccc(CO)c1)C1CCNCC1)c1cc(C2CC2)on1. The number of anilines is 1. The van der Waals surface area contributed by atoms with Crippen molar-refractivity contribution in [1.82, 2.24) is 20.9 Å². The van der Waals surface area contributed by atoms with Gasteiger partial charge in [0.2, 0.25) is 0 Å². The fourth-order valence-electron chi connectivity index (χ4n) is 6.09. The molecular formula is C38H50N6O5. The van der Waals surface area contributed by atoms with Crippen LogP contribution in [-0.2, 0) is 19.6 Å². The zero-order valence-electron chi connectivity index (χ0n) is 28.8. The molecule has 49 heavy (non-hydrogen) atoms. The average Bonchev–Trinajstić information content (AvgIpc) is 4.09. The minimum atomic E-state index is -0.242. The molecule has 11 nitrogen and oxygen atoms in total. The van der Waals surface area contributed by atoms with Crippen molar-refractivity contribution < 1.29 is 23.7 Å². The van der Waals surface area contributed by atoms with E-state index in [0.29, 0.717) is 35.7 Å². The van der Waals surface area contributed by atoms with Crippen LogP contribution in [-0.4, -0.2) is 40.3 Å². The maximum absolute atomic E-state index is 12.8. The van der Waals surface area contributed by atoms with Crippen molar-refractivity contribution >= 4 is 17.5 Å². The summed E-state index contributed by atoms with van der Waals surface area (Å²) in [6, 6.07) is 17.0. The molecule has 1 saturated heterocycles. The van der Waals surface area contributed by atoms with E-state index in [0.717, 1.165) is 97.5 Å². The van der Waals surface area contributed by atoms with Gasteiger partial charge >= 0.3 is 0 Å². The second-order valence-electron chi connectivity index (χ2n) is 12.7. The number of hydrogen-bond donors (Lipinski definition) is 5. The Labute approximate surface area is 288 Å². The molecule has 2 saturated carbocycles. The summed E-state index contributed by atoms with van der Waals surface area (Å²) in [7, 11) is 0. The van der Waals surface area contributed by atoms with Crippen LogP contribution in [0.5, 0.6) is 0 Å². The minimum absolute atomic E-state index is 0.00520. The first-order valence-electron chi connectivity index (χ1n) is 17.7. The lowest BCUT2D eigenvalue weighted by atomic mass is 9.85. The molecule has 2 amide bonds. The number of nitrogens with zero attached hydrogens (tertiary/aromatic N) is 2. The van der Waals surface area contributed by atoms with Gasteiger partial charge < -0.3 is 35.8 Å². The third kappa shape index (κ3) is 9.65. The Bertz CT molecular complexity index is 1670. The van der Waals surface area contributed by atoms with Crippen molar-refractivity contribution in [2.24, 2.45) is 11.7 Å². The number of hydrogen-bond acceptors (Lipinski definition) is 9. The number of benzene rings is 2.